The van der Waals surface area contributed by atoms with Gasteiger partial charge in [0.15, 0.2) is 11.6 Å². The van der Waals surface area contributed by atoms with Gasteiger partial charge >= 0.3 is 12.1 Å². The van der Waals surface area contributed by atoms with Crippen LogP contribution in [0.2, 0.25) is 0 Å². The number of alkyl halides is 5. The van der Waals surface area contributed by atoms with Crippen molar-refractivity contribution in [3.8, 4) is 0 Å². The van der Waals surface area contributed by atoms with Crippen molar-refractivity contribution in [3.05, 3.63) is 58.1 Å². The van der Waals surface area contributed by atoms with Crippen LogP contribution in [-0.4, -0.2) is 71.8 Å². The molecule has 1 N–H and O–H groups in total. The Morgan fingerprint density at radius 1 is 1.10 bits per heavy atom. The molecular formula is C33H34F7N3O4S. The van der Waals surface area contributed by atoms with Crippen molar-refractivity contribution in [3.63, 3.8) is 0 Å². The van der Waals surface area contributed by atoms with E-state index in [0.29, 0.717) is 21.5 Å². The molecule has 3 aromatic rings. The Balaban J connectivity index is 1.24. The predicted molar refractivity (Wildman–Crippen MR) is 163 cm³/mol. The van der Waals surface area contributed by atoms with Crippen LogP contribution in [0.4, 0.5) is 36.4 Å². The van der Waals surface area contributed by atoms with Gasteiger partial charge < -0.3 is 19.6 Å². The monoisotopic (exact) mass is 701 g/mol. The highest BCUT2D eigenvalue weighted by Gasteiger charge is 2.61. The van der Waals surface area contributed by atoms with Crippen LogP contribution in [0.1, 0.15) is 66.9 Å². The lowest BCUT2D eigenvalue weighted by molar-refractivity contribution is -0.223. The van der Waals surface area contributed by atoms with E-state index in [4.69, 9.17) is 4.74 Å². The van der Waals surface area contributed by atoms with Gasteiger partial charge in [0.25, 0.3) is 0 Å². The van der Waals surface area contributed by atoms with Crippen molar-refractivity contribution in [2.45, 2.75) is 64.2 Å². The van der Waals surface area contributed by atoms with Crippen LogP contribution in [-0.2, 0) is 16.1 Å². The summed E-state index contributed by atoms with van der Waals surface area (Å²) in [4.78, 5) is 32.3. The molecule has 0 unspecified atom stereocenters. The van der Waals surface area contributed by atoms with Crippen molar-refractivity contribution in [1.82, 2.24) is 9.88 Å². The van der Waals surface area contributed by atoms with Gasteiger partial charge in [-0.15, -0.1) is 11.3 Å². The van der Waals surface area contributed by atoms with E-state index in [1.165, 1.54) is 5.51 Å². The Labute approximate surface area is 275 Å². The van der Waals surface area contributed by atoms with Gasteiger partial charge in [0, 0.05) is 56.4 Å². The van der Waals surface area contributed by atoms with E-state index in [2.05, 4.69) is 4.98 Å². The number of carboxylic acids is 1. The first-order chi connectivity index (χ1) is 22.4. The fourth-order valence-corrected chi connectivity index (χ4v) is 8.19. The van der Waals surface area contributed by atoms with Crippen molar-refractivity contribution >= 4 is 39.1 Å². The highest BCUT2D eigenvalue weighted by Crippen LogP contribution is 2.50. The number of nitrogens with zero attached hydrogens (tertiary/aromatic N) is 3. The number of carbonyl (C=O) groups is 2. The Bertz CT molecular complexity index is 1730. The van der Waals surface area contributed by atoms with Gasteiger partial charge in [-0.1, -0.05) is 18.2 Å². The zero-order valence-electron chi connectivity index (χ0n) is 26.2. The molecule has 0 bridgehead atoms. The molecule has 48 heavy (non-hydrogen) atoms. The molecule has 1 aromatic heterocycles. The number of amides is 1. The number of benzene rings is 2. The number of fused-ring (bicyclic) bond motifs is 1. The van der Waals surface area contributed by atoms with Crippen molar-refractivity contribution in [2.24, 2.45) is 16.7 Å². The van der Waals surface area contributed by atoms with Crippen LogP contribution in [0, 0.1) is 28.4 Å². The molecule has 1 saturated carbocycles. The fourth-order valence-electron chi connectivity index (χ4n) is 7.36. The molecule has 1 spiro atoms. The van der Waals surface area contributed by atoms with E-state index in [1.807, 2.05) is 0 Å². The number of aromatic nitrogens is 1. The van der Waals surface area contributed by atoms with Gasteiger partial charge in [-0.2, -0.15) is 13.2 Å². The maximum atomic E-state index is 14.6. The number of aromatic carboxylic acids is 1. The Hall–Kier alpha value is -3.46. The number of likely N-dealkylation sites (tertiary alicyclic amines) is 1. The van der Waals surface area contributed by atoms with Crippen molar-refractivity contribution in [1.29, 1.82) is 0 Å². The maximum absolute atomic E-state index is 14.6. The van der Waals surface area contributed by atoms with Gasteiger partial charge in [-0.25, -0.2) is 27.3 Å². The standard InChI is InChI=1S/C33H34F7N3O4S/c1-30(2,33(38,39)40)29(46)43-15-31(16-43)14-42(23-10-22(34)25(35)26-27(23)48-17-41-26)11-20(31)13-47-12-19-4-3-5-21(24(19)28(44)45)18-6-8-32(36,37)9-7-18/h3-5,10,17-18,20H,6-9,11-16H2,1-2H3,(H,44,45)/t20-/m0/s1. The molecule has 2 aliphatic heterocycles. The molecule has 1 aliphatic carbocycles. The third-order valence-electron chi connectivity index (χ3n) is 10.3. The van der Waals surface area contributed by atoms with Gasteiger partial charge in [-0.3, -0.25) is 4.79 Å². The van der Waals surface area contributed by atoms with Crippen LogP contribution in [0.3, 0.4) is 0 Å². The zero-order chi connectivity index (χ0) is 34.8. The molecule has 7 nitrogen and oxygen atoms in total. The molecule has 3 fully saturated rings. The van der Waals surface area contributed by atoms with Crippen molar-refractivity contribution in [2.75, 3.05) is 37.7 Å². The van der Waals surface area contributed by atoms with Crippen LogP contribution in [0.5, 0.6) is 0 Å². The highest BCUT2D eigenvalue weighted by atomic mass is 32.1. The second-order valence-corrected chi connectivity index (χ2v) is 14.6. The molecule has 0 radical (unpaired) electrons. The fraction of sp³-hybridized carbons (Fsp3) is 0.545. The molecule has 2 aromatic carbocycles. The van der Waals surface area contributed by atoms with Gasteiger partial charge in [-0.05, 0) is 43.7 Å². The lowest BCUT2D eigenvalue weighted by Gasteiger charge is -2.52. The molecule has 15 heteroatoms. The number of hydrogen-bond donors (Lipinski definition) is 1. The average molecular weight is 702 g/mol. The Morgan fingerprint density at radius 2 is 1.79 bits per heavy atom. The minimum atomic E-state index is -4.77. The Morgan fingerprint density at radius 3 is 2.44 bits per heavy atom. The minimum absolute atomic E-state index is 0.000323. The first-order valence-electron chi connectivity index (χ1n) is 15.6. The number of thiazole rings is 1. The second-order valence-electron chi connectivity index (χ2n) is 13.8. The lowest BCUT2D eigenvalue weighted by Crippen LogP contribution is -2.66. The highest BCUT2D eigenvalue weighted by molar-refractivity contribution is 7.17. The van der Waals surface area contributed by atoms with Gasteiger partial charge in [0.1, 0.15) is 10.9 Å². The number of rotatable bonds is 8. The molecule has 260 valence electrons. The summed E-state index contributed by atoms with van der Waals surface area (Å²) in [7, 11) is 0. The topological polar surface area (TPSA) is 83.0 Å². The number of hydrogen-bond acceptors (Lipinski definition) is 6. The van der Waals surface area contributed by atoms with E-state index in [-0.39, 0.29) is 88.0 Å². The second kappa shape index (κ2) is 12.1. The summed E-state index contributed by atoms with van der Waals surface area (Å²) in [6.07, 6.45) is -5.13. The number of anilines is 1. The van der Waals surface area contributed by atoms with E-state index in [9.17, 15) is 45.4 Å². The summed E-state index contributed by atoms with van der Waals surface area (Å²) in [6, 6.07) is 5.95. The van der Waals surface area contributed by atoms with Crippen LogP contribution in [0.15, 0.2) is 29.8 Å². The minimum Gasteiger partial charge on any atom is -0.478 e. The molecule has 6 rings (SSSR count). The third kappa shape index (κ3) is 6.01. The van der Waals surface area contributed by atoms with E-state index in [1.54, 1.807) is 23.1 Å². The Kier molecular flexibility index (Phi) is 8.71. The SMILES string of the molecule is CC(C)(C(=O)N1CC2(C1)CN(c1cc(F)c(F)c3ncsc13)C[C@H]2COCc1cccc(C2CCC(F)(F)CC2)c1C(=O)O)C(F)(F)F. The summed E-state index contributed by atoms with van der Waals surface area (Å²) in [6.45, 7) is 1.96. The number of ether oxygens (including phenoxy) is 1. The zero-order valence-corrected chi connectivity index (χ0v) is 27.0. The van der Waals surface area contributed by atoms with Crippen molar-refractivity contribution < 1.29 is 50.2 Å². The number of carbonyl (C=O) groups excluding carboxylic acids is 1. The smallest absolute Gasteiger partial charge is 0.402 e. The summed E-state index contributed by atoms with van der Waals surface area (Å²) >= 11 is 1.12. The summed E-state index contributed by atoms with van der Waals surface area (Å²) < 4.78 is 104. The van der Waals surface area contributed by atoms with Gasteiger partial charge in [0.2, 0.25) is 11.8 Å². The maximum Gasteiger partial charge on any atom is 0.402 e. The summed E-state index contributed by atoms with van der Waals surface area (Å²) in [5.74, 6) is -7.97. The molecule has 3 aliphatic rings. The average Bonchev–Trinajstić information content (AvgIpc) is 3.63. The predicted octanol–water partition coefficient (Wildman–Crippen LogP) is 7.64. The number of halogens is 7. The van der Waals surface area contributed by atoms with E-state index in [0.717, 1.165) is 36.2 Å². The summed E-state index contributed by atoms with van der Waals surface area (Å²) in [5, 5.41) is 10.1. The van der Waals surface area contributed by atoms with E-state index < -0.39 is 46.4 Å². The van der Waals surface area contributed by atoms with Crippen LogP contribution in [0.25, 0.3) is 10.2 Å². The molecule has 2 saturated heterocycles. The first-order valence-corrected chi connectivity index (χ1v) is 16.4. The van der Waals surface area contributed by atoms with Crippen LogP contribution < -0.4 is 4.90 Å². The first kappa shape index (κ1) is 34.4. The molecule has 3 heterocycles. The largest absolute Gasteiger partial charge is 0.478 e. The summed E-state index contributed by atoms with van der Waals surface area (Å²) in [5.41, 5.74) is -0.916. The quantitative estimate of drug-likeness (QED) is 0.243. The molecule has 1 amide bonds. The molecule has 1 atom stereocenters. The lowest BCUT2D eigenvalue weighted by atomic mass is 9.70. The normalized spacial score (nSPS) is 21.2. The van der Waals surface area contributed by atoms with Gasteiger partial charge in [0.05, 0.1) is 34.7 Å². The third-order valence-corrected chi connectivity index (χ3v) is 11.2. The number of carboxylic acid groups (broad SMARTS) is 1. The van der Waals surface area contributed by atoms with Crippen LogP contribution >= 0.6 is 11.3 Å². The molecular weight excluding hydrogens is 667 g/mol. The van der Waals surface area contributed by atoms with E-state index >= 15 is 0 Å².